The second kappa shape index (κ2) is 7.20. The molecule has 23 heavy (non-hydrogen) atoms. The van der Waals surface area contributed by atoms with Crippen molar-refractivity contribution in [3.63, 3.8) is 0 Å². The van der Waals surface area contributed by atoms with Gasteiger partial charge in [0.25, 0.3) is 0 Å². The highest BCUT2D eigenvalue weighted by molar-refractivity contribution is 5.81. The van der Waals surface area contributed by atoms with Crippen molar-refractivity contribution in [2.75, 3.05) is 32.7 Å². The number of likely N-dealkylation sites (N-methyl/N-ethyl adjacent to an activating group) is 1. The molecule has 3 fully saturated rings. The third-order valence-corrected chi connectivity index (χ3v) is 6.06. The molecule has 3 saturated heterocycles. The van der Waals surface area contributed by atoms with E-state index in [0.29, 0.717) is 24.5 Å². The molecule has 0 bridgehead atoms. The highest BCUT2D eigenvalue weighted by atomic mass is 16.2. The lowest BCUT2D eigenvalue weighted by atomic mass is 9.95. The van der Waals surface area contributed by atoms with Gasteiger partial charge in [-0.3, -0.25) is 14.5 Å². The first kappa shape index (κ1) is 16.7. The van der Waals surface area contributed by atoms with Crippen LogP contribution in [-0.4, -0.2) is 71.3 Å². The quantitative estimate of drug-likeness (QED) is 0.795. The summed E-state index contributed by atoms with van der Waals surface area (Å²) in [5.74, 6) is 0.430. The van der Waals surface area contributed by atoms with Gasteiger partial charge in [0.15, 0.2) is 0 Å². The van der Waals surface area contributed by atoms with E-state index in [4.69, 9.17) is 0 Å². The Morgan fingerprint density at radius 2 is 1.65 bits per heavy atom. The van der Waals surface area contributed by atoms with E-state index in [9.17, 15) is 9.59 Å². The van der Waals surface area contributed by atoms with Crippen LogP contribution in [0.5, 0.6) is 0 Å². The van der Waals surface area contributed by atoms with Crippen LogP contribution in [0.3, 0.4) is 0 Å². The van der Waals surface area contributed by atoms with Crippen LogP contribution in [0.25, 0.3) is 0 Å². The van der Waals surface area contributed by atoms with Crippen LogP contribution in [-0.2, 0) is 9.59 Å². The van der Waals surface area contributed by atoms with Crippen molar-refractivity contribution in [1.29, 1.82) is 0 Å². The molecule has 0 aliphatic carbocycles. The summed E-state index contributed by atoms with van der Waals surface area (Å²) in [6.45, 7) is 8.46. The molecule has 5 nitrogen and oxygen atoms in total. The summed E-state index contributed by atoms with van der Waals surface area (Å²) in [5.41, 5.74) is 0. The molecule has 3 aliphatic rings. The van der Waals surface area contributed by atoms with Crippen molar-refractivity contribution in [3.8, 4) is 0 Å². The molecule has 5 heteroatoms. The van der Waals surface area contributed by atoms with E-state index in [2.05, 4.69) is 16.7 Å². The van der Waals surface area contributed by atoms with Gasteiger partial charge >= 0.3 is 0 Å². The Bertz CT molecular complexity index is 454. The maximum absolute atomic E-state index is 13.1. The summed E-state index contributed by atoms with van der Waals surface area (Å²) in [4.78, 5) is 31.3. The smallest absolute Gasteiger partial charge is 0.227 e. The average Bonchev–Trinajstić information content (AvgIpc) is 3.22. The summed E-state index contributed by atoms with van der Waals surface area (Å²) < 4.78 is 0. The minimum atomic E-state index is 0.0183. The van der Waals surface area contributed by atoms with Crippen LogP contribution in [0.15, 0.2) is 0 Å². The van der Waals surface area contributed by atoms with Crippen molar-refractivity contribution >= 4 is 11.8 Å². The second-order valence-electron chi connectivity index (χ2n) is 7.38. The SMILES string of the molecule is CCN1CCC[C@@H]1[C@@H]1CCCN1C(=O)[C@@H]1CCCN(C(C)=O)C1. The molecule has 3 aliphatic heterocycles. The zero-order chi connectivity index (χ0) is 16.4. The van der Waals surface area contributed by atoms with E-state index in [-0.39, 0.29) is 11.8 Å². The fourth-order valence-electron chi connectivity index (χ4n) is 4.85. The molecule has 0 aromatic rings. The minimum Gasteiger partial charge on any atom is -0.342 e. The summed E-state index contributed by atoms with van der Waals surface area (Å²) >= 11 is 0. The third-order valence-electron chi connectivity index (χ3n) is 6.06. The molecule has 0 N–H and O–H groups in total. The van der Waals surface area contributed by atoms with Gasteiger partial charge in [0.2, 0.25) is 11.8 Å². The lowest BCUT2D eigenvalue weighted by Gasteiger charge is -2.38. The Morgan fingerprint density at radius 3 is 2.39 bits per heavy atom. The van der Waals surface area contributed by atoms with Crippen molar-refractivity contribution in [2.24, 2.45) is 5.92 Å². The van der Waals surface area contributed by atoms with Crippen LogP contribution in [0.1, 0.15) is 52.4 Å². The van der Waals surface area contributed by atoms with Crippen LogP contribution in [0.4, 0.5) is 0 Å². The number of nitrogens with zero attached hydrogens (tertiary/aromatic N) is 3. The van der Waals surface area contributed by atoms with Crippen LogP contribution in [0.2, 0.25) is 0 Å². The van der Waals surface area contributed by atoms with Gasteiger partial charge in [0.05, 0.1) is 5.92 Å². The Kier molecular flexibility index (Phi) is 5.24. The molecule has 3 atom stereocenters. The highest BCUT2D eigenvalue weighted by Gasteiger charge is 2.41. The molecule has 130 valence electrons. The van der Waals surface area contributed by atoms with Gasteiger partial charge in [0.1, 0.15) is 0 Å². The number of likely N-dealkylation sites (tertiary alicyclic amines) is 3. The van der Waals surface area contributed by atoms with Crippen molar-refractivity contribution < 1.29 is 9.59 Å². The monoisotopic (exact) mass is 321 g/mol. The van der Waals surface area contributed by atoms with Crippen LogP contribution in [0, 0.1) is 5.92 Å². The first-order valence-corrected chi connectivity index (χ1v) is 9.42. The van der Waals surface area contributed by atoms with Gasteiger partial charge in [0, 0.05) is 38.6 Å². The first-order chi connectivity index (χ1) is 11.1. The standard InChI is InChI=1S/C18H31N3O2/c1-3-19-10-5-8-16(19)17-9-6-12-21(17)18(23)15-7-4-11-20(13-15)14(2)22/h15-17H,3-13H2,1-2H3/t15-,16-,17+/m1/s1. The number of hydrogen-bond acceptors (Lipinski definition) is 3. The minimum absolute atomic E-state index is 0.0183. The van der Waals surface area contributed by atoms with Gasteiger partial charge in [-0.1, -0.05) is 6.92 Å². The molecular formula is C18H31N3O2. The molecular weight excluding hydrogens is 290 g/mol. The third kappa shape index (κ3) is 3.39. The molecule has 0 aromatic carbocycles. The van der Waals surface area contributed by atoms with Gasteiger partial charge < -0.3 is 9.80 Å². The topological polar surface area (TPSA) is 43.9 Å². The van der Waals surface area contributed by atoms with E-state index in [1.807, 2.05) is 4.90 Å². The van der Waals surface area contributed by atoms with E-state index < -0.39 is 0 Å². The predicted molar refractivity (Wildman–Crippen MR) is 90.0 cm³/mol. The lowest BCUT2D eigenvalue weighted by Crippen LogP contribution is -2.52. The molecule has 0 aromatic heterocycles. The van der Waals surface area contributed by atoms with E-state index in [1.165, 1.54) is 19.4 Å². The summed E-state index contributed by atoms with van der Waals surface area (Å²) in [6.07, 6.45) is 6.67. The lowest BCUT2D eigenvalue weighted by molar-refractivity contribution is -0.141. The number of piperidine rings is 1. The molecule has 0 saturated carbocycles. The maximum Gasteiger partial charge on any atom is 0.227 e. The van der Waals surface area contributed by atoms with Gasteiger partial charge in [-0.15, -0.1) is 0 Å². The fraction of sp³-hybridized carbons (Fsp3) is 0.889. The first-order valence-electron chi connectivity index (χ1n) is 9.42. The fourth-order valence-corrected chi connectivity index (χ4v) is 4.85. The number of carbonyl (C=O) groups is 2. The van der Waals surface area contributed by atoms with Crippen molar-refractivity contribution in [3.05, 3.63) is 0 Å². The largest absolute Gasteiger partial charge is 0.342 e. The molecule has 0 radical (unpaired) electrons. The summed E-state index contributed by atoms with van der Waals surface area (Å²) in [5, 5.41) is 0. The number of rotatable bonds is 3. The number of hydrogen-bond donors (Lipinski definition) is 0. The molecule has 0 unspecified atom stereocenters. The number of amides is 2. The second-order valence-corrected chi connectivity index (χ2v) is 7.38. The van der Waals surface area contributed by atoms with Crippen molar-refractivity contribution in [2.45, 2.75) is 64.5 Å². The molecule has 0 spiro atoms. The maximum atomic E-state index is 13.1. The van der Waals surface area contributed by atoms with Crippen molar-refractivity contribution in [1.82, 2.24) is 14.7 Å². The van der Waals surface area contributed by atoms with E-state index >= 15 is 0 Å². The zero-order valence-electron chi connectivity index (χ0n) is 14.7. The van der Waals surface area contributed by atoms with Gasteiger partial charge in [-0.25, -0.2) is 0 Å². The van der Waals surface area contributed by atoms with Crippen LogP contribution < -0.4 is 0 Å². The molecule has 2 amide bonds. The Balaban J connectivity index is 1.67. The normalized spacial score (nSPS) is 32.5. The van der Waals surface area contributed by atoms with E-state index in [0.717, 1.165) is 45.3 Å². The number of carbonyl (C=O) groups excluding carboxylic acids is 2. The predicted octanol–water partition coefficient (Wildman–Crippen LogP) is 1.72. The Hall–Kier alpha value is -1.10. The summed E-state index contributed by atoms with van der Waals surface area (Å²) in [7, 11) is 0. The zero-order valence-corrected chi connectivity index (χ0v) is 14.7. The highest BCUT2D eigenvalue weighted by Crippen LogP contribution is 2.32. The van der Waals surface area contributed by atoms with Gasteiger partial charge in [-0.2, -0.15) is 0 Å². The molecule has 3 rings (SSSR count). The van der Waals surface area contributed by atoms with E-state index in [1.54, 1.807) is 6.92 Å². The molecule has 3 heterocycles. The average molecular weight is 321 g/mol. The Morgan fingerprint density at radius 1 is 0.957 bits per heavy atom. The van der Waals surface area contributed by atoms with Gasteiger partial charge in [-0.05, 0) is 51.6 Å². The Labute approximate surface area is 140 Å². The van der Waals surface area contributed by atoms with Crippen LogP contribution >= 0.6 is 0 Å². The summed E-state index contributed by atoms with van der Waals surface area (Å²) in [6, 6.07) is 0.955.